The number of nitrogens with one attached hydrogen (secondary N) is 1. The standard InChI is InChI=1S/C15H24N2/c1-12(2)10-17(3)11-13-6-7-15-14(9-13)5-4-8-16-15/h6-7,9,12,16H,4-5,8,10-11H2,1-3H3. The van der Waals surface area contributed by atoms with Gasteiger partial charge in [0.2, 0.25) is 0 Å². The second-order valence-corrected chi connectivity index (χ2v) is 5.61. The van der Waals surface area contributed by atoms with Crippen LogP contribution in [0.3, 0.4) is 0 Å². The first kappa shape index (κ1) is 12.4. The lowest BCUT2D eigenvalue weighted by Crippen LogP contribution is -2.23. The number of anilines is 1. The fraction of sp³-hybridized carbons (Fsp3) is 0.600. The van der Waals surface area contributed by atoms with Gasteiger partial charge in [0, 0.05) is 25.3 Å². The van der Waals surface area contributed by atoms with Crippen LogP contribution in [0.5, 0.6) is 0 Å². The van der Waals surface area contributed by atoms with E-state index in [1.807, 2.05) is 0 Å². The Kier molecular flexibility index (Phi) is 4.06. The summed E-state index contributed by atoms with van der Waals surface area (Å²) >= 11 is 0. The van der Waals surface area contributed by atoms with Gasteiger partial charge in [0.05, 0.1) is 0 Å². The van der Waals surface area contributed by atoms with Gasteiger partial charge in [-0.05, 0) is 43.0 Å². The van der Waals surface area contributed by atoms with Crippen LogP contribution in [-0.2, 0) is 13.0 Å². The van der Waals surface area contributed by atoms with E-state index in [2.05, 4.69) is 49.3 Å². The van der Waals surface area contributed by atoms with Gasteiger partial charge in [0.25, 0.3) is 0 Å². The van der Waals surface area contributed by atoms with Crippen LogP contribution in [0, 0.1) is 5.92 Å². The first-order chi connectivity index (χ1) is 8.15. The Labute approximate surface area is 105 Å². The highest BCUT2D eigenvalue weighted by molar-refractivity contribution is 5.54. The molecule has 1 aromatic carbocycles. The van der Waals surface area contributed by atoms with Gasteiger partial charge in [-0.3, -0.25) is 0 Å². The predicted octanol–water partition coefficient (Wildman–Crippen LogP) is 3.13. The smallest absolute Gasteiger partial charge is 0.0372 e. The monoisotopic (exact) mass is 232 g/mol. The van der Waals surface area contributed by atoms with Gasteiger partial charge in [-0.25, -0.2) is 0 Å². The van der Waals surface area contributed by atoms with Crippen molar-refractivity contribution in [2.45, 2.75) is 33.2 Å². The molecular weight excluding hydrogens is 208 g/mol. The first-order valence-corrected chi connectivity index (χ1v) is 6.69. The summed E-state index contributed by atoms with van der Waals surface area (Å²) in [4.78, 5) is 2.41. The molecule has 0 saturated carbocycles. The molecule has 1 aliphatic rings. The number of nitrogens with zero attached hydrogens (tertiary/aromatic N) is 1. The van der Waals surface area contributed by atoms with E-state index in [1.54, 1.807) is 0 Å². The molecule has 94 valence electrons. The van der Waals surface area contributed by atoms with Gasteiger partial charge < -0.3 is 10.2 Å². The fourth-order valence-electron chi connectivity index (χ4n) is 2.63. The minimum atomic E-state index is 0.735. The zero-order valence-electron chi connectivity index (χ0n) is 11.3. The average molecular weight is 232 g/mol. The summed E-state index contributed by atoms with van der Waals surface area (Å²) in [6.45, 7) is 7.89. The third kappa shape index (κ3) is 3.47. The van der Waals surface area contributed by atoms with Gasteiger partial charge in [-0.2, -0.15) is 0 Å². The minimum Gasteiger partial charge on any atom is -0.385 e. The van der Waals surface area contributed by atoms with Gasteiger partial charge >= 0.3 is 0 Å². The summed E-state index contributed by atoms with van der Waals surface area (Å²) in [6.07, 6.45) is 2.49. The van der Waals surface area contributed by atoms with E-state index in [0.717, 1.165) is 25.6 Å². The summed E-state index contributed by atoms with van der Waals surface area (Å²) in [6, 6.07) is 6.87. The molecule has 1 aromatic rings. The number of benzene rings is 1. The van der Waals surface area contributed by atoms with Crippen LogP contribution in [0.2, 0.25) is 0 Å². The van der Waals surface area contributed by atoms with Crippen molar-refractivity contribution in [1.82, 2.24) is 4.90 Å². The van der Waals surface area contributed by atoms with Gasteiger partial charge in [-0.15, -0.1) is 0 Å². The lowest BCUT2D eigenvalue weighted by atomic mass is 10.0. The molecule has 1 aliphatic heterocycles. The zero-order valence-corrected chi connectivity index (χ0v) is 11.3. The maximum Gasteiger partial charge on any atom is 0.0372 e. The molecule has 0 amide bonds. The van der Waals surface area contributed by atoms with E-state index in [0.29, 0.717) is 0 Å². The summed E-state index contributed by atoms with van der Waals surface area (Å²) in [5.74, 6) is 0.735. The van der Waals surface area contributed by atoms with Gasteiger partial charge in [0.1, 0.15) is 0 Å². The second-order valence-electron chi connectivity index (χ2n) is 5.61. The topological polar surface area (TPSA) is 15.3 Å². The molecule has 0 fully saturated rings. The minimum absolute atomic E-state index is 0.735. The molecule has 0 aromatic heterocycles. The van der Waals surface area contributed by atoms with Crippen LogP contribution in [0.25, 0.3) is 0 Å². The lowest BCUT2D eigenvalue weighted by Gasteiger charge is -2.22. The molecule has 0 aliphatic carbocycles. The maximum atomic E-state index is 3.46. The third-order valence-electron chi connectivity index (χ3n) is 3.24. The molecule has 0 bridgehead atoms. The van der Waals surface area contributed by atoms with Gasteiger partial charge in [-0.1, -0.05) is 26.0 Å². The Morgan fingerprint density at radius 1 is 1.35 bits per heavy atom. The number of aryl methyl sites for hydroxylation is 1. The van der Waals surface area contributed by atoms with Crippen LogP contribution in [0.4, 0.5) is 5.69 Å². The molecule has 0 spiro atoms. The highest BCUT2D eigenvalue weighted by atomic mass is 15.1. The zero-order chi connectivity index (χ0) is 12.3. The Morgan fingerprint density at radius 3 is 2.94 bits per heavy atom. The Balaban J connectivity index is 2.01. The summed E-state index contributed by atoms with van der Waals surface area (Å²) in [5.41, 5.74) is 4.27. The van der Waals surface area contributed by atoms with Crippen molar-refractivity contribution in [2.75, 3.05) is 25.5 Å². The van der Waals surface area contributed by atoms with Crippen LogP contribution in [-0.4, -0.2) is 25.0 Å². The molecule has 0 atom stereocenters. The molecule has 0 saturated heterocycles. The van der Waals surface area contributed by atoms with Gasteiger partial charge in [0.15, 0.2) is 0 Å². The van der Waals surface area contributed by atoms with Crippen molar-refractivity contribution >= 4 is 5.69 Å². The van der Waals surface area contributed by atoms with Crippen LogP contribution < -0.4 is 5.32 Å². The fourth-order valence-corrected chi connectivity index (χ4v) is 2.63. The van der Waals surface area contributed by atoms with E-state index in [-0.39, 0.29) is 0 Å². The van der Waals surface area contributed by atoms with Crippen molar-refractivity contribution in [3.63, 3.8) is 0 Å². The van der Waals surface area contributed by atoms with E-state index < -0.39 is 0 Å². The Hall–Kier alpha value is -1.02. The maximum absolute atomic E-state index is 3.46. The highest BCUT2D eigenvalue weighted by Crippen LogP contribution is 2.23. The molecule has 1 heterocycles. The Bertz CT molecular complexity index is 371. The predicted molar refractivity (Wildman–Crippen MR) is 74.4 cm³/mol. The van der Waals surface area contributed by atoms with Crippen LogP contribution in [0.1, 0.15) is 31.4 Å². The molecule has 2 heteroatoms. The number of hydrogen-bond acceptors (Lipinski definition) is 2. The van der Waals surface area contributed by atoms with Crippen molar-refractivity contribution in [3.05, 3.63) is 29.3 Å². The number of hydrogen-bond donors (Lipinski definition) is 1. The van der Waals surface area contributed by atoms with Crippen molar-refractivity contribution in [3.8, 4) is 0 Å². The quantitative estimate of drug-likeness (QED) is 0.858. The lowest BCUT2D eigenvalue weighted by molar-refractivity contribution is 0.288. The number of fused-ring (bicyclic) bond motifs is 1. The van der Waals surface area contributed by atoms with Crippen molar-refractivity contribution in [2.24, 2.45) is 5.92 Å². The molecular formula is C15H24N2. The van der Waals surface area contributed by atoms with Crippen molar-refractivity contribution < 1.29 is 0 Å². The Morgan fingerprint density at radius 2 is 2.18 bits per heavy atom. The first-order valence-electron chi connectivity index (χ1n) is 6.69. The SMILES string of the molecule is CC(C)CN(C)Cc1ccc2c(c1)CCCN2. The third-order valence-corrected chi connectivity index (χ3v) is 3.24. The second kappa shape index (κ2) is 5.54. The van der Waals surface area contributed by atoms with Crippen molar-refractivity contribution in [1.29, 1.82) is 0 Å². The average Bonchev–Trinajstić information content (AvgIpc) is 2.27. The summed E-state index contributed by atoms with van der Waals surface area (Å²) < 4.78 is 0. The van der Waals surface area contributed by atoms with Crippen LogP contribution >= 0.6 is 0 Å². The molecule has 0 radical (unpaired) electrons. The largest absolute Gasteiger partial charge is 0.385 e. The molecule has 17 heavy (non-hydrogen) atoms. The molecule has 2 rings (SSSR count). The van der Waals surface area contributed by atoms with E-state index >= 15 is 0 Å². The highest BCUT2D eigenvalue weighted by Gasteiger charge is 2.09. The normalized spacial score (nSPS) is 14.9. The molecule has 1 N–H and O–H groups in total. The van der Waals surface area contributed by atoms with E-state index in [1.165, 1.54) is 29.7 Å². The van der Waals surface area contributed by atoms with Crippen LogP contribution in [0.15, 0.2) is 18.2 Å². The molecule has 2 nitrogen and oxygen atoms in total. The number of rotatable bonds is 4. The van der Waals surface area contributed by atoms with E-state index in [9.17, 15) is 0 Å². The summed E-state index contributed by atoms with van der Waals surface area (Å²) in [5, 5.41) is 3.46. The molecule has 0 unspecified atom stereocenters. The summed E-state index contributed by atoms with van der Waals surface area (Å²) in [7, 11) is 2.21. The van der Waals surface area contributed by atoms with E-state index in [4.69, 9.17) is 0 Å².